The van der Waals surface area contributed by atoms with Crippen LogP contribution in [0.5, 0.6) is 11.5 Å². The fourth-order valence-electron chi connectivity index (χ4n) is 1.25. The molecule has 0 radical (unpaired) electrons. The SMILES string of the molecule is CCC(C#N)Oc1cc(CBr)ccc1OC. The van der Waals surface area contributed by atoms with Gasteiger partial charge in [0.2, 0.25) is 0 Å². The Morgan fingerprint density at radius 1 is 1.44 bits per heavy atom. The fourth-order valence-corrected chi connectivity index (χ4v) is 1.60. The molecule has 1 aromatic rings. The van der Waals surface area contributed by atoms with Crippen LogP contribution in [0.15, 0.2) is 18.2 Å². The van der Waals surface area contributed by atoms with Gasteiger partial charge in [0.15, 0.2) is 17.6 Å². The number of ether oxygens (including phenoxy) is 2. The molecule has 1 atom stereocenters. The molecule has 0 bridgehead atoms. The molecule has 1 rings (SSSR count). The third-order valence-electron chi connectivity index (χ3n) is 2.17. The molecule has 0 spiro atoms. The van der Waals surface area contributed by atoms with Crippen LogP contribution in [-0.4, -0.2) is 13.2 Å². The zero-order chi connectivity index (χ0) is 12.0. The number of hydrogen-bond donors (Lipinski definition) is 0. The van der Waals surface area contributed by atoms with Crippen LogP contribution in [0, 0.1) is 11.3 Å². The van der Waals surface area contributed by atoms with Gasteiger partial charge in [-0.1, -0.05) is 28.9 Å². The molecular formula is C12H14BrNO2. The van der Waals surface area contributed by atoms with Gasteiger partial charge in [-0.2, -0.15) is 5.26 Å². The number of benzene rings is 1. The van der Waals surface area contributed by atoms with Gasteiger partial charge in [0, 0.05) is 5.33 Å². The molecule has 0 amide bonds. The second kappa shape index (κ2) is 6.39. The molecule has 0 aliphatic heterocycles. The quantitative estimate of drug-likeness (QED) is 0.779. The standard InChI is InChI=1S/C12H14BrNO2/c1-3-10(8-14)16-12-6-9(7-13)4-5-11(12)15-2/h4-6,10H,3,7H2,1-2H3. The zero-order valence-electron chi connectivity index (χ0n) is 9.37. The van der Waals surface area contributed by atoms with Crippen molar-refractivity contribution in [3.8, 4) is 17.6 Å². The highest BCUT2D eigenvalue weighted by Crippen LogP contribution is 2.30. The summed E-state index contributed by atoms with van der Waals surface area (Å²) in [5, 5.41) is 9.60. The summed E-state index contributed by atoms with van der Waals surface area (Å²) in [6.45, 7) is 1.91. The van der Waals surface area contributed by atoms with Crippen LogP contribution in [0.4, 0.5) is 0 Å². The Balaban J connectivity index is 2.95. The molecule has 0 aliphatic rings. The number of rotatable bonds is 5. The summed E-state index contributed by atoms with van der Waals surface area (Å²) in [6, 6.07) is 7.78. The number of halogens is 1. The maximum atomic E-state index is 8.85. The summed E-state index contributed by atoms with van der Waals surface area (Å²) in [6.07, 6.45) is 0.220. The molecule has 0 aliphatic carbocycles. The summed E-state index contributed by atoms with van der Waals surface area (Å²) in [4.78, 5) is 0. The predicted molar refractivity (Wildman–Crippen MR) is 65.9 cm³/mol. The lowest BCUT2D eigenvalue weighted by Crippen LogP contribution is -2.12. The van der Waals surface area contributed by atoms with Gasteiger partial charge in [-0.3, -0.25) is 0 Å². The van der Waals surface area contributed by atoms with Gasteiger partial charge in [0.05, 0.1) is 7.11 Å². The lowest BCUT2D eigenvalue weighted by atomic mass is 10.2. The van der Waals surface area contributed by atoms with Crippen molar-refractivity contribution in [3.63, 3.8) is 0 Å². The second-order valence-corrected chi connectivity index (χ2v) is 3.82. The highest BCUT2D eigenvalue weighted by atomic mass is 79.9. The average molecular weight is 284 g/mol. The lowest BCUT2D eigenvalue weighted by molar-refractivity contribution is 0.238. The molecule has 0 saturated carbocycles. The summed E-state index contributed by atoms with van der Waals surface area (Å²) in [5.74, 6) is 1.27. The minimum Gasteiger partial charge on any atom is -0.493 e. The number of alkyl halides is 1. The summed E-state index contributed by atoms with van der Waals surface area (Å²) < 4.78 is 10.8. The van der Waals surface area contributed by atoms with Crippen LogP contribution < -0.4 is 9.47 Å². The Hall–Kier alpha value is -1.21. The van der Waals surface area contributed by atoms with E-state index in [1.54, 1.807) is 7.11 Å². The maximum absolute atomic E-state index is 8.85. The van der Waals surface area contributed by atoms with Crippen LogP contribution >= 0.6 is 15.9 Å². The Morgan fingerprint density at radius 3 is 2.69 bits per heavy atom. The van der Waals surface area contributed by atoms with E-state index in [1.807, 2.05) is 25.1 Å². The third kappa shape index (κ3) is 3.14. The van der Waals surface area contributed by atoms with Gasteiger partial charge in [0.25, 0.3) is 0 Å². The van der Waals surface area contributed by atoms with Crippen LogP contribution in [0.25, 0.3) is 0 Å². The van der Waals surface area contributed by atoms with E-state index in [4.69, 9.17) is 14.7 Å². The Kier molecular flexibility index (Phi) is 5.13. The van der Waals surface area contributed by atoms with Crippen LogP contribution in [0.3, 0.4) is 0 Å². The van der Waals surface area contributed by atoms with E-state index in [9.17, 15) is 0 Å². The van der Waals surface area contributed by atoms with E-state index in [-0.39, 0.29) is 0 Å². The van der Waals surface area contributed by atoms with Crippen molar-refractivity contribution < 1.29 is 9.47 Å². The molecule has 16 heavy (non-hydrogen) atoms. The first-order valence-electron chi connectivity index (χ1n) is 5.04. The van der Waals surface area contributed by atoms with E-state index >= 15 is 0 Å². The van der Waals surface area contributed by atoms with E-state index in [0.29, 0.717) is 17.9 Å². The average Bonchev–Trinajstić information content (AvgIpc) is 2.35. The zero-order valence-corrected chi connectivity index (χ0v) is 11.0. The first kappa shape index (κ1) is 12.9. The number of methoxy groups -OCH3 is 1. The van der Waals surface area contributed by atoms with E-state index in [2.05, 4.69) is 22.0 Å². The number of hydrogen-bond acceptors (Lipinski definition) is 3. The van der Waals surface area contributed by atoms with Crippen LogP contribution in [-0.2, 0) is 5.33 Å². The van der Waals surface area contributed by atoms with Crippen molar-refractivity contribution in [1.29, 1.82) is 5.26 Å². The molecule has 86 valence electrons. The molecule has 0 saturated heterocycles. The molecule has 0 fully saturated rings. The molecule has 4 heteroatoms. The Bertz CT molecular complexity index is 387. The van der Waals surface area contributed by atoms with Crippen molar-refractivity contribution in [3.05, 3.63) is 23.8 Å². The van der Waals surface area contributed by atoms with Crippen molar-refractivity contribution >= 4 is 15.9 Å². The normalized spacial score (nSPS) is 11.6. The van der Waals surface area contributed by atoms with Crippen molar-refractivity contribution in [2.45, 2.75) is 24.8 Å². The lowest BCUT2D eigenvalue weighted by Gasteiger charge is -2.14. The summed E-state index contributed by atoms with van der Waals surface area (Å²) in [7, 11) is 1.59. The monoisotopic (exact) mass is 283 g/mol. The van der Waals surface area contributed by atoms with Gasteiger partial charge >= 0.3 is 0 Å². The fraction of sp³-hybridized carbons (Fsp3) is 0.417. The maximum Gasteiger partial charge on any atom is 0.184 e. The minimum absolute atomic E-state index is 0.431. The van der Waals surface area contributed by atoms with E-state index in [1.165, 1.54) is 0 Å². The highest BCUT2D eigenvalue weighted by molar-refractivity contribution is 9.08. The van der Waals surface area contributed by atoms with Gasteiger partial charge in [-0.05, 0) is 24.1 Å². The molecule has 1 aromatic carbocycles. The van der Waals surface area contributed by atoms with E-state index < -0.39 is 6.10 Å². The predicted octanol–water partition coefficient (Wildman–Crippen LogP) is 3.27. The molecule has 0 N–H and O–H groups in total. The number of nitrogens with zero attached hydrogens (tertiary/aromatic N) is 1. The van der Waals surface area contributed by atoms with Gasteiger partial charge < -0.3 is 9.47 Å². The topological polar surface area (TPSA) is 42.2 Å². The summed E-state index contributed by atoms with van der Waals surface area (Å²) >= 11 is 3.38. The van der Waals surface area contributed by atoms with Crippen molar-refractivity contribution in [2.24, 2.45) is 0 Å². The van der Waals surface area contributed by atoms with Crippen molar-refractivity contribution in [1.82, 2.24) is 0 Å². The molecule has 3 nitrogen and oxygen atoms in total. The van der Waals surface area contributed by atoms with Crippen LogP contribution in [0.2, 0.25) is 0 Å². The first-order chi connectivity index (χ1) is 7.74. The molecule has 0 heterocycles. The smallest absolute Gasteiger partial charge is 0.184 e. The van der Waals surface area contributed by atoms with E-state index in [0.717, 1.165) is 10.9 Å². The molecule has 0 aromatic heterocycles. The number of nitriles is 1. The molecular weight excluding hydrogens is 270 g/mol. The minimum atomic E-state index is -0.431. The second-order valence-electron chi connectivity index (χ2n) is 3.26. The molecule has 1 unspecified atom stereocenters. The Labute approximate surface area is 104 Å². The van der Waals surface area contributed by atoms with Gasteiger partial charge in [0.1, 0.15) is 6.07 Å². The van der Waals surface area contributed by atoms with Gasteiger partial charge in [-0.15, -0.1) is 0 Å². The van der Waals surface area contributed by atoms with Gasteiger partial charge in [-0.25, -0.2) is 0 Å². The highest BCUT2D eigenvalue weighted by Gasteiger charge is 2.11. The first-order valence-corrected chi connectivity index (χ1v) is 6.16. The summed E-state index contributed by atoms with van der Waals surface area (Å²) in [5.41, 5.74) is 1.09. The third-order valence-corrected chi connectivity index (χ3v) is 2.81. The largest absolute Gasteiger partial charge is 0.493 e. The van der Waals surface area contributed by atoms with Crippen molar-refractivity contribution in [2.75, 3.05) is 7.11 Å². The Morgan fingerprint density at radius 2 is 2.19 bits per heavy atom. The van der Waals surface area contributed by atoms with Crippen LogP contribution in [0.1, 0.15) is 18.9 Å².